The predicted molar refractivity (Wildman–Crippen MR) is 88.8 cm³/mol. The van der Waals surface area contributed by atoms with Crippen LogP contribution in [0, 0.1) is 0 Å². The van der Waals surface area contributed by atoms with Gasteiger partial charge in [-0.3, -0.25) is 0 Å². The number of hydrogen-bond acceptors (Lipinski definition) is 5. The van der Waals surface area contributed by atoms with Crippen molar-refractivity contribution in [1.29, 1.82) is 0 Å². The number of nitrogens with zero attached hydrogens (tertiary/aromatic N) is 2. The van der Waals surface area contributed by atoms with Crippen molar-refractivity contribution in [1.82, 2.24) is 9.97 Å². The highest BCUT2D eigenvalue weighted by Crippen LogP contribution is 2.38. The lowest BCUT2D eigenvalue weighted by molar-refractivity contribution is 0.411. The van der Waals surface area contributed by atoms with E-state index in [1.807, 2.05) is 18.8 Å². The van der Waals surface area contributed by atoms with Gasteiger partial charge in [-0.05, 0) is 25.5 Å². The molecule has 0 unspecified atom stereocenters. The number of rotatable bonds is 6. The molecule has 112 valence electrons. The summed E-state index contributed by atoms with van der Waals surface area (Å²) in [6.45, 7) is 3.15. The lowest BCUT2D eigenvalue weighted by Gasteiger charge is -2.36. The summed E-state index contributed by atoms with van der Waals surface area (Å²) in [7, 11) is 1.91. The van der Waals surface area contributed by atoms with Gasteiger partial charge in [-0.15, -0.1) is 0 Å². The van der Waals surface area contributed by atoms with E-state index in [2.05, 4.69) is 33.8 Å². The fourth-order valence-corrected chi connectivity index (χ4v) is 3.92. The number of aromatic nitrogens is 2. The summed E-state index contributed by atoms with van der Waals surface area (Å²) in [6, 6.07) is 0. The van der Waals surface area contributed by atoms with Crippen molar-refractivity contribution >= 4 is 23.4 Å². The SMILES string of the molecule is CCc1c(NC)ncnc1NCC1(SC)CCCCC1. The summed E-state index contributed by atoms with van der Waals surface area (Å²) in [5.74, 6) is 1.93. The molecular formula is C15H26N4S. The van der Waals surface area contributed by atoms with E-state index in [-0.39, 0.29) is 0 Å². The maximum Gasteiger partial charge on any atom is 0.134 e. The average Bonchev–Trinajstić information content (AvgIpc) is 2.53. The highest BCUT2D eigenvalue weighted by Gasteiger charge is 2.31. The van der Waals surface area contributed by atoms with Gasteiger partial charge in [0, 0.05) is 23.9 Å². The summed E-state index contributed by atoms with van der Waals surface area (Å²) < 4.78 is 0.383. The molecule has 0 spiro atoms. The van der Waals surface area contributed by atoms with Crippen LogP contribution in [0.5, 0.6) is 0 Å². The Labute approximate surface area is 126 Å². The first-order valence-electron chi connectivity index (χ1n) is 7.55. The third kappa shape index (κ3) is 3.37. The van der Waals surface area contributed by atoms with Crippen molar-refractivity contribution in [2.45, 2.75) is 50.2 Å². The Morgan fingerprint density at radius 3 is 2.50 bits per heavy atom. The standard InChI is InChI=1S/C15H26N4S/c1-4-12-13(16-2)18-11-19-14(12)17-10-15(20-3)8-6-5-7-9-15/h11H,4-10H2,1-3H3,(H2,16,17,18,19). The molecule has 1 saturated carbocycles. The summed E-state index contributed by atoms with van der Waals surface area (Å²) in [5, 5.41) is 6.74. The van der Waals surface area contributed by atoms with E-state index in [1.165, 1.54) is 37.7 Å². The molecule has 1 aromatic rings. The van der Waals surface area contributed by atoms with Crippen LogP contribution in [0.3, 0.4) is 0 Å². The van der Waals surface area contributed by atoms with Gasteiger partial charge in [0.15, 0.2) is 0 Å². The molecule has 1 aliphatic rings. The van der Waals surface area contributed by atoms with E-state index in [0.29, 0.717) is 4.75 Å². The molecule has 5 heteroatoms. The zero-order valence-electron chi connectivity index (χ0n) is 12.8. The molecule has 0 aliphatic heterocycles. The Morgan fingerprint density at radius 2 is 1.90 bits per heavy atom. The van der Waals surface area contributed by atoms with Crippen molar-refractivity contribution < 1.29 is 0 Å². The normalized spacial score (nSPS) is 17.8. The van der Waals surface area contributed by atoms with Crippen LogP contribution in [0.2, 0.25) is 0 Å². The zero-order valence-corrected chi connectivity index (χ0v) is 13.6. The van der Waals surface area contributed by atoms with Crippen molar-refractivity contribution in [3.8, 4) is 0 Å². The number of hydrogen-bond donors (Lipinski definition) is 2. The molecule has 1 fully saturated rings. The first kappa shape index (κ1) is 15.4. The highest BCUT2D eigenvalue weighted by atomic mass is 32.2. The molecule has 0 amide bonds. The molecule has 0 atom stereocenters. The smallest absolute Gasteiger partial charge is 0.134 e. The molecule has 0 aromatic carbocycles. The quantitative estimate of drug-likeness (QED) is 0.840. The van der Waals surface area contributed by atoms with Crippen molar-refractivity contribution in [3.63, 3.8) is 0 Å². The van der Waals surface area contributed by atoms with Crippen LogP contribution in [-0.2, 0) is 6.42 Å². The van der Waals surface area contributed by atoms with Crippen molar-refractivity contribution in [3.05, 3.63) is 11.9 Å². The van der Waals surface area contributed by atoms with Crippen LogP contribution in [0.1, 0.15) is 44.6 Å². The molecule has 1 heterocycles. The summed E-state index contributed by atoms with van der Waals surface area (Å²) >= 11 is 2.01. The lowest BCUT2D eigenvalue weighted by Crippen LogP contribution is -2.36. The average molecular weight is 294 g/mol. The molecular weight excluding hydrogens is 268 g/mol. The van der Waals surface area contributed by atoms with E-state index >= 15 is 0 Å². The van der Waals surface area contributed by atoms with Crippen LogP contribution >= 0.6 is 11.8 Å². The van der Waals surface area contributed by atoms with Gasteiger partial charge in [-0.1, -0.05) is 26.2 Å². The minimum atomic E-state index is 0.383. The van der Waals surface area contributed by atoms with E-state index in [1.54, 1.807) is 6.33 Å². The summed E-state index contributed by atoms with van der Waals surface area (Å²) in [5.41, 5.74) is 1.18. The maximum absolute atomic E-state index is 4.44. The Bertz CT molecular complexity index is 430. The van der Waals surface area contributed by atoms with Gasteiger partial charge < -0.3 is 10.6 Å². The van der Waals surface area contributed by atoms with E-state index in [9.17, 15) is 0 Å². The molecule has 0 bridgehead atoms. The molecule has 2 rings (SSSR count). The maximum atomic E-state index is 4.44. The third-order valence-corrected chi connectivity index (χ3v) is 5.73. The number of thioether (sulfide) groups is 1. The minimum absolute atomic E-state index is 0.383. The second-order valence-corrected chi connectivity index (χ2v) is 6.73. The molecule has 1 aromatic heterocycles. The van der Waals surface area contributed by atoms with Crippen LogP contribution < -0.4 is 10.6 Å². The van der Waals surface area contributed by atoms with Gasteiger partial charge in [-0.25, -0.2) is 9.97 Å². The van der Waals surface area contributed by atoms with Crippen LogP contribution in [-0.4, -0.2) is 34.6 Å². The Kier molecular flexibility index (Phi) is 5.52. The fraction of sp³-hybridized carbons (Fsp3) is 0.733. The van der Waals surface area contributed by atoms with Gasteiger partial charge in [0.25, 0.3) is 0 Å². The predicted octanol–water partition coefficient (Wildman–Crippen LogP) is 3.56. The van der Waals surface area contributed by atoms with Gasteiger partial charge in [0.2, 0.25) is 0 Å². The second-order valence-electron chi connectivity index (χ2n) is 5.45. The van der Waals surface area contributed by atoms with Gasteiger partial charge >= 0.3 is 0 Å². The van der Waals surface area contributed by atoms with Crippen molar-refractivity contribution in [2.24, 2.45) is 0 Å². The topological polar surface area (TPSA) is 49.8 Å². The zero-order chi connectivity index (χ0) is 14.4. The Morgan fingerprint density at radius 1 is 1.20 bits per heavy atom. The van der Waals surface area contributed by atoms with Crippen LogP contribution in [0.15, 0.2) is 6.33 Å². The minimum Gasteiger partial charge on any atom is -0.373 e. The van der Waals surface area contributed by atoms with Gasteiger partial charge in [-0.2, -0.15) is 11.8 Å². The molecule has 0 radical (unpaired) electrons. The first-order valence-corrected chi connectivity index (χ1v) is 8.78. The van der Waals surface area contributed by atoms with Gasteiger partial charge in [0.1, 0.15) is 18.0 Å². The lowest BCUT2D eigenvalue weighted by atomic mass is 9.88. The molecule has 20 heavy (non-hydrogen) atoms. The van der Waals surface area contributed by atoms with Crippen molar-refractivity contribution in [2.75, 3.05) is 30.5 Å². The summed E-state index contributed by atoms with van der Waals surface area (Å²) in [6.07, 6.45) is 11.5. The highest BCUT2D eigenvalue weighted by molar-refractivity contribution is 8.00. The Balaban J connectivity index is 2.09. The third-order valence-electron chi connectivity index (χ3n) is 4.31. The number of nitrogens with one attached hydrogen (secondary N) is 2. The largest absolute Gasteiger partial charge is 0.373 e. The van der Waals surface area contributed by atoms with E-state index in [0.717, 1.165) is 24.6 Å². The fourth-order valence-electron chi connectivity index (χ4n) is 3.01. The molecule has 4 nitrogen and oxygen atoms in total. The number of anilines is 2. The molecule has 2 N–H and O–H groups in total. The molecule has 0 saturated heterocycles. The van der Waals surface area contributed by atoms with Crippen LogP contribution in [0.4, 0.5) is 11.6 Å². The van der Waals surface area contributed by atoms with E-state index < -0.39 is 0 Å². The second kappa shape index (κ2) is 7.16. The Hall–Kier alpha value is -0.970. The summed E-state index contributed by atoms with van der Waals surface area (Å²) in [4.78, 5) is 8.73. The molecule has 1 aliphatic carbocycles. The van der Waals surface area contributed by atoms with E-state index in [4.69, 9.17) is 0 Å². The first-order chi connectivity index (χ1) is 9.74. The monoisotopic (exact) mass is 294 g/mol. The van der Waals surface area contributed by atoms with Gasteiger partial charge in [0.05, 0.1) is 0 Å². The van der Waals surface area contributed by atoms with Crippen LogP contribution in [0.25, 0.3) is 0 Å².